The van der Waals surface area contributed by atoms with Crippen LogP contribution in [0.25, 0.3) is 0 Å². The van der Waals surface area contributed by atoms with Crippen LogP contribution in [0, 0.1) is 5.92 Å². The molecule has 0 radical (unpaired) electrons. The summed E-state index contributed by atoms with van der Waals surface area (Å²) in [7, 11) is 0. The molecule has 2 nitrogen and oxygen atoms in total. The molecule has 0 spiro atoms. The largest absolute Gasteiger partial charge is 0.339 e. The van der Waals surface area contributed by atoms with Crippen molar-refractivity contribution in [3.05, 3.63) is 35.9 Å². The third-order valence-corrected chi connectivity index (χ3v) is 4.72. The first-order valence-corrected chi connectivity index (χ1v) is 8.24. The monoisotopic (exact) mass is 323 g/mol. The number of carbonyl (C=O) groups excluding carboxylic acids is 1. The maximum absolute atomic E-state index is 12.3. The number of hydrogen-bond donors (Lipinski definition) is 0. The second-order valence-corrected chi connectivity index (χ2v) is 6.06. The first-order chi connectivity index (χ1) is 9.22. The average Bonchev–Trinajstić information content (AvgIpc) is 2.81. The molecule has 0 aromatic heterocycles. The number of nitrogens with zero attached hydrogens (tertiary/aromatic N) is 1. The molecule has 104 valence electrons. The minimum Gasteiger partial charge on any atom is -0.339 e. The van der Waals surface area contributed by atoms with E-state index in [0.717, 1.165) is 31.1 Å². The molecule has 1 fully saturated rings. The van der Waals surface area contributed by atoms with E-state index in [1.54, 1.807) is 0 Å². The molecule has 0 bridgehead atoms. The van der Waals surface area contributed by atoms with Crippen molar-refractivity contribution in [3.8, 4) is 0 Å². The number of carbonyl (C=O) groups is 1. The second-order valence-electron chi connectivity index (χ2n) is 5.41. The van der Waals surface area contributed by atoms with E-state index in [2.05, 4.69) is 52.0 Å². The van der Waals surface area contributed by atoms with Crippen LogP contribution in [0.15, 0.2) is 30.3 Å². The summed E-state index contributed by atoms with van der Waals surface area (Å²) in [6, 6.07) is 10.8. The van der Waals surface area contributed by atoms with E-state index in [1.807, 2.05) is 6.07 Å². The molecule has 1 saturated heterocycles. The van der Waals surface area contributed by atoms with Crippen molar-refractivity contribution in [3.63, 3.8) is 0 Å². The lowest BCUT2D eigenvalue weighted by molar-refractivity contribution is -0.132. The van der Waals surface area contributed by atoms with E-state index < -0.39 is 0 Å². The molecular weight excluding hydrogens is 302 g/mol. The Morgan fingerprint density at radius 1 is 1.37 bits per heavy atom. The number of halogens is 1. The molecule has 1 aliphatic rings. The van der Waals surface area contributed by atoms with Gasteiger partial charge in [0.2, 0.25) is 5.91 Å². The highest BCUT2D eigenvalue weighted by molar-refractivity contribution is 9.09. The first kappa shape index (κ1) is 14.6. The molecule has 2 rings (SSSR count). The molecule has 0 aliphatic carbocycles. The Balaban J connectivity index is 1.78. The molecule has 1 aromatic rings. The lowest BCUT2D eigenvalue weighted by Crippen LogP contribution is -2.38. The van der Waals surface area contributed by atoms with Crippen LogP contribution >= 0.6 is 15.9 Å². The fraction of sp³-hybridized carbons (Fsp3) is 0.562. The van der Waals surface area contributed by atoms with Gasteiger partial charge in [0.1, 0.15) is 0 Å². The summed E-state index contributed by atoms with van der Waals surface area (Å²) in [5.74, 6) is 0.946. The van der Waals surface area contributed by atoms with Crippen LogP contribution in [0.5, 0.6) is 0 Å². The highest BCUT2D eigenvalue weighted by atomic mass is 79.9. The average molecular weight is 324 g/mol. The van der Waals surface area contributed by atoms with Crippen LogP contribution in [0.3, 0.4) is 0 Å². The van der Waals surface area contributed by atoms with Gasteiger partial charge in [0.15, 0.2) is 0 Å². The normalized spacial score (nSPS) is 22.7. The topological polar surface area (TPSA) is 20.3 Å². The Labute approximate surface area is 124 Å². The standard InChI is InChI=1S/C16H22BrNO/c1-13-10-11-18(15(13)12-17)16(19)9-5-8-14-6-3-2-4-7-14/h2-4,6-7,13,15H,5,8-12H2,1H3. The number of alkyl halides is 1. The van der Waals surface area contributed by atoms with Crippen LogP contribution in [0.4, 0.5) is 0 Å². The zero-order valence-corrected chi connectivity index (χ0v) is 13.1. The number of hydrogen-bond acceptors (Lipinski definition) is 1. The molecule has 1 amide bonds. The van der Waals surface area contributed by atoms with Crippen molar-refractivity contribution in [1.82, 2.24) is 4.90 Å². The van der Waals surface area contributed by atoms with Gasteiger partial charge in [0.25, 0.3) is 0 Å². The van der Waals surface area contributed by atoms with Crippen molar-refractivity contribution >= 4 is 21.8 Å². The highest BCUT2D eigenvalue weighted by Gasteiger charge is 2.32. The molecule has 2 atom stereocenters. The zero-order valence-electron chi connectivity index (χ0n) is 11.5. The molecule has 1 heterocycles. The summed E-state index contributed by atoms with van der Waals surface area (Å²) in [6.07, 6.45) is 3.75. The van der Waals surface area contributed by atoms with Crippen LogP contribution in [-0.2, 0) is 11.2 Å². The summed E-state index contributed by atoms with van der Waals surface area (Å²) >= 11 is 3.54. The lowest BCUT2D eigenvalue weighted by atomic mass is 10.0. The number of rotatable bonds is 5. The molecular formula is C16H22BrNO. The summed E-state index contributed by atoms with van der Waals surface area (Å²) < 4.78 is 0. The Hall–Kier alpha value is -0.830. The fourth-order valence-electron chi connectivity index (χ4n) is 2.79. The van der Waals surface area contributed by atoms with E-state index in [4.69, 9.17) is 0 Å². The van der Waals surface area contributed by atoms with Gasteiger partial charge in [-0.3, -0.25) is 4.79 Å². The van der Waals surface area contributed by atoms with Gasteiger partial charge < -0.3 is 4.90 Å². The summed E-state index contributed by atoms with van der Waals surface area (Å²) in [6.45, 7) is 3.17. The van der Waals surface area contributed by atoms with Gasteiger partial charge in [-0.1, -0.05) is 53.2 Å². The number of likely N-dealkylation sites (tertiary alicyclic amines) is 1. The smallest absolute Gasteiger partial charge is 0.222 e. The fourth-order valence-corrected chi connectivity index (χ4v) is 3.77. The third kappa shape index (κ3) is 3.82. The Kier molecular flexibility index (Phi) is 5.44. The molecule has 0 saturated carbocycles. The van der Waals surface area contributed by atoms with Crippen molar-refractivity contribution in [2.24, 2.45) is 5.92 Å². The molecule has 19 heavy (non-hydrogen) atoms. The van der Waals surface area contributed by atoms with Gasteiger partial charge in [-0.25, -0.2) is 0 Å². The van der Waals surface area contributed by atoms with E-state index in [9.17, 15) is 4.79 Å². The van der Waals surface area contributed by atoms with Crippen LogP contribution in [0.1, 0.15) is 31.7 Å². The van der Waals surface area contributed by atoms with Crippen LogP contribution < -0.4 is 0 Å². The van der Waals surface area contributed by atoms with Gasteiger partial charge in [0.05, 0.1) is 0 Å². The van der Waals surface area contributed by atoms with E-state index in [-0.39, 0.29) is 0 Å². The quantitative estimate of drug-likeness (QED) is 0.757. The number of amides is 1. The third-order valence-electron chi connectivity index (χ3n) is 4.06. The van der Waals surface area contributed by atoms with Gasteiger partial charge in [-0.15, -0.1) is 0 Å². The maximum atomic E-state index is 12.3. The van der Waals surface area contributed by atoms with E-state index in [1.165, 1.54) is 5.56 Å². The molecule has 1 aromatic carbocycles. The number of aryl methyl sites for hydroxylation is 1. The summed E-state index contributed by atoms with van der Waals surface area (Å²) in [5.41, 5.74) is 1.32. The molecule has 1 aliphatic heterocycles. The SMILES string of the molecule is CC1CCN(C(=O)CCCc2ccccc2)C1CBr. The predicted molar refractivity (Wildman–Crippen MR) is 82.5 cm³/mol. The predicted octanol–water partition coefficient (Wildman–Crippen LogP) is 3.64. The van der Waals surface area contributed by atoms with Crippen molar-refractivity contribution in [1.29, 1.82) is 0 Å². The Morgan fingerprint density at radius 3 is 2.79 bits per heavy atom. The molecule has 3 heteroatoms. The number of benzene rings is 1. The summed E-state index contributed by atoms with van der Waals surface area (Å²) in [5, 5.41) is 0.901. The molecule has 2 unspecified atom stereocenters. The maximum Gasteiger partial charge on any atom is 0.222 e. The van der Waals surface area contributed by atoms with Gasteiger partial charge in [-0.05, 0) is 30.7 Å². The second kappa shape index (κ2) is 7.09. The van der Waals surface area contributed by atoms with Crippen molar-refractivity contribution in [2.75, 3.05) is 11.9 Å². The first-order valence-electron chi connectivity index (χ1n) is 7.11. The van der Waals surface area contributed by atoms with Gasteiger partial charge in [0, 0.05) is 24.3 Å². The Morgan fingerprint density at radius 2 is 2.11 bits per heavy atom. The highest BCUT2D eigenvalue weighted by Crippen LogP contribution is 2.26. The van der Waals surface area contributed by atoms with E-state index in [0.29, 0.717) is 24.3 Å². The van der Waals surface area contributed by atoms with Crippen LogP contribution in [0.2, 0.25) is 0 Å². The van der Waals surface area contributed by atoms with Crippen molar-refractivity contribution < 1.29 is 4.79 Å². The van der Waals surface area contributed by atoms with Gasteiger partial charge in [-0.2, -0.15) is 0 Å². The van der Waals surface area contributed by atoms with E-state index >= 15 is 0 Å². The summed E-state index contributed by atoms with van der Waals surface area (Å²) in [4.78, 5) is 14.3. The minimum absolute atomic E-state index is 0.324. The lowest BCUT2D eigenvalue weighted by Gasteiger charge is -2.25. The minimum atomic E-state index is 0.324. The van der Waals surface area contributed by atoms with Crippen molar-refractivity contribution in [2.45, 2.75) is 38.6 Å². The molecule has 0 N–H and O–H groups in total. The zero-order chi connectivity index (χ0) is 13.7. The van der Waals surface area contributed by atoms with Gasteiger partial charge >= 0.3 is 0 Å². The van der Waals surface area contributed by atoms with Crippen LogP contribution in [-0.4, -0.2) is 28.7 Å². The Bertz CT molecular complexity index is 406.